The largest absolute Gasteiger partial charge is 0.390 e. The fraction of sp³-hybridized carbons (Fsp3) is 0.556. The Morgan fingerprint density at radius 1 is 1.17 bits per heavy atom. The number of fused-ring (bicyclic) bond motifs is 1. The van der Waals surface area contributed by atoms with Crippen molar-refractivity contribution in [1.82, 2.24) is 9.80 Å². The Bertz CT molecular complexity index is 587. The molecule has 1 fully saturated rings. The van der Waals surface area contributed by atoms with Crippen LogP contribution in [0.5, 0.6) is 0 Å². The lowest BCUT2D eigenvalue weighted by Gasteiger charge is -2.27. The van der Waals surface area contributed by atoms with Crippen LogP contribution in [-0.4, -0.2) is 70.5 Å². The third-order valence-electron chi connectivity index (χ3n) is 4.79. The van der Waals surface area contributed by atoms with E-state index in [1.807, 2.05) is 11.8 Å². The molecule has 0 bridgehead atoms. The summed E-state index contributed by atoms with van der Waals surface area (Å²) in [6.07, 6.45) is 4.98. The molecule has 0 spiro atoms. The molecule has 0 radical (unpaired) electrons. The number of rotatable bonds is 5. The van der Waals surface area contributed by atoms with Gasteiger partial charge in [0.2, 0.25) is 0 Å². The van der Waals surface area contributed by atoms with Crippen LogP contribution in [0, 0.1) is 0 Å². The molecule has 0 aliphatic carbocycles. The van der Waals surface area contributed by atoms with Crippen molar-refractivity contribution in [2.45, 2.75) is 30.6 Å². The molecular formula is C18H24N2O3S. The SMILES string of the molecule is CS[C@H]1CCCCN(C[C@H](O)CN2C(=O)c3ccccc3C2=O)C1. The maximum atomic E-state index is 12.4. The molecule has 2 atom stereocenters. The molecule has 1 saturated heterocycles. The number of benzene rings is 1. The monoisotopic (exact) mass is 348 g/mol. The number of aliphatic hydroxyl groups is 1. The van der Waals surface area contributed by atoms with E-state index in [1.54, 1.807) is 24.3 Å². The van der Waals surface area contributed by atoms with Crippen molar-refractivity contribution in [2.75, 3.05) is 32.4 Å². The summed E-state index contributed by atoms with van der Waals surface area (Å²) in [5, 5.41) is 11.0. The van der Waals surface area contributed by atoms with Crippen LogP contribution in [0.2, 0.25) is 0 Å². The second kappa shape index (κ2) is 7.68. The van der Waals surface area contributed by atoms with Crippen molar-refractivity contribution in [3.8, 4) is 0 Å². The third-order valence-corrected chi connectivity index (χ3v) is 5.84. The first-order chi connectivity index (χ1) is 11.6. The first-order valence-electron chi connectivity index (χ1n) is 8.48. The van der Waals surface area contributed by atoms with Gasteiger partial charge in [0.25, 0.3) is 11.8 Å². The minimum atomic E-state index is -0.715. The lowest BCUT2D eigenvalue weighted by molar-refractivity contribution is 0.0477. The molecule has 0 aromatic heterocycles. The summed E-state index contributed by atoms with van der Waals surface area (Å²) in [5.41, 5.74) is 0.874. The van der Waals surface area contributed by atoms with Gasteiger partial charge in [-0.25, -0.2) is 0 Å². The van der Waals surface area contributed by atoms with E-state index >= 15 is 0 Å². The van der Waals surface area contributed by atoms with Crippen LogP contribution >= 0.6 is 11.8 Å². The quantitative estimate of drug-likeness (QED) is 0.823. The smallest absolute Gasteiger partial charge is 0.261 e. The van der Waals surface area contributed by atoms with Crippen LogP contribution in [0.15, 0.2) is 24.3 Å². The molecule has 2 aliphatic rings. The van der Waals surface area contributed by atoms with E-state index in [0.717, 1.165) is 19.5 Å². The van der Waals surface area contributed by atoms with E-state index in [0.29, 0.717) is 22.9 Å². The standard InChI is InChI=1S/C18H24N2O3S/c1-24-14-6-4-5-9-19(12-14)10-13(21)11-20-17(22)15-7-2-3-8-16(15)18(20)23/h2-3,7-8,13-14,21H,4-6,9-12H2,1H3/t13-,14-/m0/s1. The maximum absolute atomic E-state index is 12.4. The van der Waals surface area contributed by atoms with E-state index in [2.05, 4.69) is 11.2 Å². The summed E-state index contributed by atoms with van der Waals surface area (Å²) in [5.74, 6) is -0.597. The first-order valence-corrected chi connectivity index (χ1v) is 9.77. The number of amides is 2. The third kappa shape index (κ3) is 3.66. The van der Waals surface area contributed by atoms with E-state index in [1.165, 1.54) is 17.7 Å². The molecule has 24 heavy (non-hydrogen) atoms. The van der Waals surface area contributed by atoms with Crippen molar-refractivity contribution < 1.29 is 14.7 Å². The summed E-state index contributed by atoms with van der Waals surface area (Å²) in [6, 6.07) is 6.84. The zero-order valence-electron chi connectivity index (χ0n) is 14.0. The first kappa shape index (κ1) is 17.5. The molecule has 5 nitrogen and oxygen atoms in total. The number of carbonyl (C=O) groups is 2. The van der Waals surface area contributed by atoms with Gasteiger partial charge in [-0.15, -0.1) is 0 Å². The highest BCUT2D eigenvalue weighted by molar-refractivity contribution is 7.99. The van der Waals surface area contributed by atoms with Crippen LogP contribution < -0.4 is 0 Å². The molecule has 3 rings (SSSR count). The number of carbonyl (C=O) groups excluding carboxylic acids is 2. The normalized spacial score (nSPS) is 23.2. The number of nitrogens with zero attached hydrogens (tertiary/aromatic N) is 2. The summed E-state index contributed by atoms with van der Waals surface area (Å²) in [4.78, 5) is 28.2. The van der Waals surface area contributed by atoms with Crippen molar-refractivity contribution in [3.05, 3.63) is 35.4 Å². The van der Waals surface area contributed by atoms with Gasteiger partial charge in [-0.05, 0) is 37.8 Å². The number of hydrogen-bond donors (Lipinski definition) is 1. The van der Waals surface area contributed by atoms with Crippen LogP contribution in [-0.2, 0) is 0 Å². The number of thioether (sulfide) groups is 1. The van der Waals surface area contributed by atoms with E-state index in [-0.39, 0.29) is 18.4 Å². The van der Waals surface area contributed by atoms with E-state index < -0.39 is 6.10 Å². The molecule has 1 aromatic carbocycles. The minimum absolute atomic E-state index is 0.0623. The fourth-order valence-corrected chi connectivity index (χ4v) is 4.27. The predicted octanol–water partition coefficient (Wildman–Crippen LogP) is 1.86. The van der Waals surface area contributed by atoms with Gasteiger partial charge in [0, 0.05) is 18.3 Å². The van der Waals surface area contributed by atoms with Gasteiger partial charge in [0.1, 0.15) is 0 Å². The Morgan fingerprint density at radius 2 is 1.83 bits per heavy atom. The minimum Gasteiger partial charge on any atom is -0.390 e. The lowest BCUT2D eigenvalue weighted by atomic mass is 10.1. The van der Waals surface area contributed by atoms with Crippen molar-refractivity contribution in [2.24, 2.45) is 0 Å². The second-order valence-electron chi connectivity index (χ2n) is 6.53. The maximum Gasteiger partial charge on any atom is 0.261 e. The zero-order chi connectivity index (χ0) is 17.1. The molecule has 6 heteroatoms. The van der Waals surface area contributed by atoms with Gasteiger partial charge < -0.3 is 5.11 Å². The van der Waals surface area contributed by atoms with Crippen LogP contribution in [0.4, 0.5) is 0 Å². The van der Waals surface area contributed by atoms with Crippen molar-refractivity contribution in [1.29, 1.82) is 0 Å². The molecule has 2 amide bonds. The topological polar surface area (TPSA) is 60.9 Å². The number of likely N-dealkylation sites (tertiary alicyclic amines) is 1. The molecule has 130 valence electrons. The molecule has 2 aliphatic heterocycles. The van der Waals surface area contributed by atoms with Gasteiger partial charge in [-0.2, -0.15) is 11.8 Å². The number of aliphatic hydroxyl groups excluding tert-OH is 1. The molecule has 0 saturated carbocycles. The Morgan fingerprint density at radius 3 is 2.46 bits per heavy atom. The summed E-state index contributed by atoms with van der Waals surface area (Å²) >= 11 is 1.87. The second-order valence-corrected chi connectivity index (χ2v) is 7.67. The van der Waals surface area contributed by atoms with E-state index in [9.17, 15) is 14.7 Å². The summed E-state index contributed by atoms with van der Waals surface area (Å²) in [7, 11) is 0. The van der Waals surface area contributed by atoms with Gasteiger partial charge in [0.05, 0.1) is 23.8 Å². The highest BCUT2D eigenvalue weighted by atomic mass is 32.2. The zero-order valence-corrected chi connectivity index (χ0v) is 14.8. The van der Waals surface area contributed by atoms with Crippen molar-refractivity contribution in [3.63, 3.8) is 0 Å². The predicted molar refractivity (Wildman–Crippen MR) is 95.4 cm³/mol. The summed E-state index contributed by atoms with van der Waals surface area (Å²) < 4.78 is 0. The van der Waals surface area contributed by atoms with Crippen LogP contribution in [0.25, 0.3) is 0 Å². The van der Waals surface area contributed by atoms with Gasteiger partial charge in [0.15, 0.2) is 0 Å². The average molecular weight is 348 g/mol. The van der Waals surface area contributed by atoms with Crippen LogP contribution in [0.3, 0.4) is 0 Å². The van der Waals surface area contributed by atoms with Gasteiger partial charge in [-0.1, -0.05) is 18.6 Å². The average Bonchev–Trinajstić information content (AvgIpc) is 2.75. The van der Waals surface area contributed by atoms with Crippen LogP contribution in [0.1, 0.15) is 40.0 Å². The summed E-state index contributed by atoms with van der Waals surface area (Å²) in [6.45, 7) is 2.49. The number of imide groups is 1. The molecule has 0 unspecified atom stereocenters. The Kier molecular flexibility index (Phi) is 5.58. The Labute approximate surface area is 147 Å². The number of β-amino-alcohol motifs (C(OH)–C–C–N with tert-alkyl or cyclic N) is 1. The highest BCUT2D eigenvalue weighted by Crippen LogP contribution is 2.23. The van der Waals surface area contributed by atoms with Crippen molar-refractivity contribution >= 4 is 23.6 Å². The highest BCUT2D eigenvalue weighted by Gasteiger charge is 2.36. The Hall–Kier alpha value is -1.37. The number of hydrogen-bond acceptors (Lipinski definition) is 5. The lowest BCUT2D eigenvalue weighted by Crippen LogP contribution is -2.43. The molecule has 2 heterocycles. The molecule has 1 aromatic rings. The molecular weight excluding hydrogens is 324 g/mol. The Balaban J connectivity index is 1.60. The molecule has 1 N–H and O–H groups in total. The van der Waals surface area contributed by atoms with Gasteiger partial charge in [-0.3, -0.25) is 19.4 Å². The van der Waals surface area contributed by atoms with Gasteiger partial charge >= 0.3 is 0 Å². The van der Waals surface area contributed by atoms with E-state index in [4.69, 9.17) is 0 Å². The fourth-order valence-electron chi connectivity index (χ4n) is 3.51.